The van der Waals surface area contributed by atoms with Gasteiger partial charge < -0.3 is 29.1 Å². The van der Waals surface area contributed by atoms with E-state index in [1.165, 1.54) is 24.5 Å². The second kappa shape index (κ2) is 15.6. The molecule has 0 unspecified atom stereocenters. The summed E-state index contributed by atoms with van der Waals surface area (Å²) < 4.78 is 57.1. The zero-order valence-electron chi connectivity index (χ0n) is 34.0. The zero-order valence-corrected chi connectivity index (χ0v) is 34.8. The van der Waals surface area contributed by atoms with Gasteiger partial charge in [-0.1, -0.05) is 0 Å². The Hall–Kier alpha value is -3.60. The predicted molar refractivity (Wildman–Crippen MR) is 210 cm³/mol. The van der Waals surface area contributed by atoms with Gasteiger partial charge in [-0.2, -0.15) is 17.0 Å². The minimum absolute atomic E-state index is 0.0797. The van der Waals surface area contributed by atoms with Gasteiger partial charge in [-0.3, -0.25) is 4.79 Å². The van der Waals surface area contributed by atoms with Crippen LogP contribution >= 0.6 is 0 Å². The number of halogens is 1. The maximum absolute atomic E-state index is 14.5. The average molecular weight is 799 g/mol. The topological polar surface area (TPSA) is 132 Å². The normalized spacial score (nSPS) is 24.6. The summed E-state index contributed by atoms with van der Waals surface area (Å²) in [6.07, 6.45) is 5.47. The maximum Gasteiger partial charge on any atom is 0.410 e. The molecule has 6 heterocycles. The van der Waals surface area contributed by atoms with Crippen molar-refractivity contribution in [3.05, 3.63) is 42.1 Å². The molecular weight excluding hydrogens is 740 g/mol. The monoisotopic (exact) mass is 798 g/mol. The van der Waals surface area contributed by atoms with Gasteiger partial charge in [0.2, 0.25) is 0 Å². The summed E-state index contributed by atoms with van der Waals surface area (Å²) in [5, 5.41) is 0. The fourth-order valence-corrected chi connectivity index (χ4v) is 11.3. The SMILES string of the molecule is CC(C)N(C(=O)c1cc(F)ccc1Oc1cncnc1N1CC[C@@H](CN2CC3(CCN(S(=O)(=O)N4C[C@H]5CN(C(=O)OC(C)(C)C)C[C@H]5C4)CC3)C2)C1)C(C)C. The molecule has 5 fully saturated rings. The number of anilines is 1. The molecule has 3 atom stereocenters. The lowest BCUT2D eigenvalue weighted by Crippen LogP contribution is -2.62. The van der Waals surface area contributed by atoms with Crippen molar-refractivity contribution >= 4 is 28.0 Å². The number of hydrogen-bond donors (Lipinski definition) is 0. The van der Waals surface area contributed by atoms with Crippen LogP contribution in [0.15, 0.2) is 30.7 Å². The van der Waals surface area contributed by atoms with Gasteiger partial charge in [0.1, 0.15) is 23.5 Å². The van der Waals surface area contributed by atoms with Gasteiger partial charge in [-0.05, 0) is 109 Å². The summed E-state index contributed by atoms with van der Waals surface area (Å²) in [5.74, 6) is 1.20. The lowest BCUT2D eigenvalue weighted by molar-refractivity contribution is -0.0412. The number of ether oxygens (including phenoxy) is 2. The molecule has 308 valence electrons. The van der Waals surface area contributed by atoms with Crippen molar-refractivity contribution in [2.75, 3.05) is 76.9 Å². The molecule has 5 saturated heterocycles. The predicted octanol–water partition coefficient (Wildman–Crippen LogP) is 4.93. The molecule has 1 spiro atoms. The van der Waals surface area contributed by atoms with E-state index in [1.54, 1.807) is 24.6 Å². The van der Waals surface area contributed by atoms with Crippen LogP contribution in [0.2, 0.25) is 0 Å². The van der Waals surface area contributed by atoms with Crippen LogP contribution in [0.25, 0.3) is 0 Å². The van der Waals surface area contributed by atoms with Crippen LogP contribution in [0.1, 0.15) is 78.1 Å². The summed E-state index contributed by atoms with van der Waals surface area (Å²) >= 11 is 0. The molecule has 1 aromatic heterocycles. The third kappa shape index (κ3) is 8.48. The van der Waals surface area contributed by atoms with E-state index >= 15 is 0 Å². The minimum Gasteiger partial charge on any atom is -0.451 e. The Balaban J connectivity index is 0.891. The van der Waals surface area contributed by atoms with Gasteiger partial charge >= 0.3 is 6.09 Å². The van der Waals surface area contributed by atoms with E-state index < -0.39 is 21.6 Å². The average Bonchev–Trinajstić information content (AvgIpc) is 3.84. The highest BCUT2D eigenvalue weighted by Crippen LogP contribution is 2.43. The Labute approximate surface area is 331 Å². The number of nitrogens with zero attached hydrogens (tertiary/aromatic N) is 8. The molecule has 2 aromatic rings. The first-order chi connectivity index (χ1) is 26.4. The van der Waals surface area contributed by atoms with Crippen molar-refractivity contribution in [3.63, 3.8) is 0 Å². The van der Waals surface area contributed by atoms with E-state index in [9.17, 15) is 22.4 Å². The second-order valence-electron chi connectivity index (χ2n) is 18.3. The van der Waals surface area contributed by atoms with Crippen molar-refractivity contribution < 1.29 is 31.9 Å². The fraction of sp³-hybridized carbons (Fsp3) is 0.700. The first-order valence-electron chi connectivity index (χ1n) is 20.2. The highest BCUT2D eigenvalue weighted by molar-refractivity contribution is 7.86. The lowest BCUT2D eigenvalue weighted by Gasteiger charge is -2.54. The quantitative estimate of drug-likeness (QED) is 0.326. The minimum atomic E-state index is -3.56. The van der Waals surface area contributed by atoms with E-state index in [-0.39, 0.29) is 52.6 Å². The number of amides is 2. The van der Waals surface area contributed by atoms with E-state index in [1.807, 2.05) is 48.5 Å². The summed E-state index contributed by atoms with van der Waals surface area (Å²) in [7, 11) is -3.56. The van der Waals surface area contributed by atoms with Crippen LogP contribution in [0.4, 0.5) is 15.0 Å². The standard InChI is InChI=1S/C40H59FN8O6S/c1-27(2)49(28(3)4)37(50)33-16-32(41)8-9-34(33)54-35-17-42-26-43-36(35)45-13-10-29(19-45)18-44-24-40(25-44)11-14-47(15-12-40)56(52,53)48-22-30-20-46(21-31(30)23-48)38(51)55-39(5,6)7/h8-9,16-17,26-31H,10-15,18-25H2,1-7H3/t29-,30-,31+/m0/s1. The van der Waals surface area contributed by atoms with Crippen LogP contribution in [0, 0.1) is 29.0 Å². The van der Waals surface area contributed by atoms with Crippen molar-refractivity contribution in [1.82, 2.24) is 33.3 Å². The lowest BCUT2D eigenvalue weighted by atomic mass is 9.72. The number of piperidine rings is 1. The molecule has 0 aliphatic carbocycles. The molecular formula is C40H59FN8O6S. The summed E-state index contributed by atoms with van der Waals surface area (Å²) in [6.45, 7) is 20.8. The molecule has 14 nitrogen and oxygen atoms in total. The Kier molecular flexibility index (Phi) is 11.3. The number of carbonyl (C=O) groups is 2. The summed E-state index contributed by atoms with van der Waals surface area (Å²) in [6, 6.07) is 3.85. The first-order valence-corrected chi connectivity index (χ1v) is 21.6. The molecule has 5 aliphatic rings. The number of carbonyl (C=O) groups excluding carboxylic acids is 2. The van der Waals surface area contributed by atoms with Crippen molar-refractivity contribution in [2.24, 2.45) is 23.2 Å². The van der Waals surface area contributed by atoms with Crippen LogP contribution < -0.4 is 9.64 Å². The smallest absolute Gasteiger partial charge is 0.410 e. The number of likely N-dealkylation sites (tertiary alicyclic amines) is 2. The fourth-order valence-electron chi connectivity index (χ4n) is 9.56. The largest absolute Gasteiger partial charge is 0.451 e. The number of fused-ring (bicyclic) bond motifs is 1. The van der Waals surface area contributed by atoms with Gasteiger partial charge in [0.25, 0.3) is 16.1 Å². The molecule has 0 radical (unpaired) electrons. The van der Waals surface area contributed by atoms with E-state index in [0.717, 1.165) is 52.0 Å². The summed E-state index contributed by atoms with van der Waals surface area (Å²) in [5.41, 5.74) is -0.251. The molecule has 0 N–H and O–H groups in total. The molecule has 7 rings (SSSR count). The zero-order chi connectivity index (χ0) is 40.2. The van der Waals surface area contributed by atoms with Gasteiger partial charge in [0.15, 0.2) is 11.6 Å². The molecule has 0 bridgehead atoms. The van der Waals surface area contributed by atoms with Crippen LogP contribution in [0.3, 0.4) is 0 Å². The Bertz CT molecular complexity index is 1850. The first kappa shape index (κ1) is 40.6. The third-order valence-electron chi connectivity index (χ3n) is 12.2. The van der Waals surface area contributed by atoms with Crippen LogP contribution in [0.5, 0.6) is 11.5 Å². The summed E-state index contributed by atoms with van der Waals surface area (Å²) in [4.78, 5) is 43.1. The maximum atomic E-state index is 14.5. The third-order valence-corrected chi connectivity index (χ3v) is 14.1. The Morgan fingerprint density at radius 2 is 1.61 bits per heavy atom. The highest BCUT2D eigenvalue weighted by atomic mass is 32.2. The van der Waals surface area contributed by atoms with Gasteiger partial charge in [0, 0.05) is 84.1 Å². The van der Waals surface area contributed by atoms with Gasteiger partial charge in [-0.25, -0.2) is 19.2 Å². The highest BCUT2D eigenvalue weighted by Gasteiger charge is 2.51. The number of aromatic nitrogens is 2. The molecule has 2 amide bonds. The van der Waals surface area contributed by atoms with Crippen molar-refractivity contribution in [1.29, 1.82) is 0 Å². The molecule has 5 aliphatic heterocycles. The Morgan fingerprint density at radius 3 is 2.23 bits per heavy atom. The molecule has 16 heteroatoms. The van der Waals surface area contributed by atoms with Crippen molar-refractivity contribution in [2.45, 2.75) is 85.4 Å². The molecule has 1 aromatic carbocycles. The Morgan fingerprint density at radius 1 is 0.946 bits per heavy atom. The van der Waals surface area contributed by atoms with E-state index in [2.05, 4.69) is 19.8 Å². The van der Waals surface area contributed by atoms with Crippen LogP contribution in [-0.2, 0) is 14.9 Å². The van der Waals surface area contributed by atoms with E-state index in [4.69, 9.17) is 9.47 Å². The van der Waals surface area contributed by atoms with E-state index in [0.29, 0.717) is 56.8 Å². The van der Waals surface area contributed by atoms with Gasteiger partial charge in [-0.15, -0.1) is 0 Å². The van der Waals surface area contributed by atoms with Gasteiger partial charge in [0.05, 0.1) is 11.8 Å². The second-order valence-corrected chi connectivity index (χ2v) is 20.2. The molecule has 0 saturated carbocycles. The number of hydrogen-bond acceptors (Lipinski definition) is 10. The number of benzene rings is 1. The number of rotatable bonds is 10. The van der Waals surface area contributed by atoms with Crippen LogP contribution in [-0.4, -0.2) is 143 Å². The van der Waals surface area contributed by atoms with Crippen molar-refractivity contribution in [3.8, 4) is 11.5 Å². The molecule has 56 heavy (non-hydrogen) atoms.